The Labute approximate surface area is 191 Å². The number of carbonyl (C=O) groups excluding carboxylic acids is 1. The number of halogens is 1. The largest absolute Gasteiger partial charge is 0.377 e. The molecule has 1 N–H and O–H groups in total. The third kappa shape index (κ3) is 7.03. The van der Waals surface area contributed by atoms with Crippen molar-refractivity contribution in [2.75, 3.05) is 30.9 Å². The third-order valence-corrected chi connectivity index (χ3v) is 6.67. The highest BCUT2D eigenvalue weighted by Gasteiger charge is 2.25. The first-order chi connectivity index (χ1) is 14.8. The fourth-order valence-corrected chi connectivity index (χ4v) is 4.90. The lowest BCUT2D eigenvalue weighted by molar-refractivity contribution is -0.117. The Kier molecular flexibility index (Phi) is 8.42. The van der Waals surface area contributed by atoms with Gasteiger partial charge in [0.25, 0.3) is 0 Å². The lowest BCUT2D eigenvalue weighted by Gasteiger charge is -2.26. The average Bonchev–Trinajstić information content (AvgIpc) is 2.66. The minimum atomic E-state index is -3.82. The number of sulfonamides is 1. The molecule has 0 atom stereocenters. The number of carbonyl (C=O) groups is 1. The average molecular weight is 464 g/mol. The van der Waals surface area contributed by atoms with Gasteiger partial charge in [-0.05, 0) is 59.9 Å². The van der Waals surface area contributed by atoms with Gasteiger partial charge in [-0.3, -0.25) is 4.79 Å². The fourth-order valence-electron chi connectivity index (χ4n) is 3.39. The molecule has 0 aliphatic heterocycles. The van der Waals surface area contributed by atoms with Crippen LogP contribution >= 0.6 is 0 Å². The highest BCUT2D eigenvalue weighted by molar-refractivity contribution is 7.89. The zero-order valence-electron chi connectivity index (χ0n) is 19.8. The number of hydrogen-bond donors (Lipinski definition) is 1. The highest BCUT2D eigenvalue weighted by Crippen LogP contribution is 2.28. The van der Waals surface area contributed by atoms with Crippen LogP contribution in [0.1, 0.15) is 46.1 Å². The Morgan fingerprint density at radius 2 is 1.69 bits per heavy atom. The van der Waals surface area contributed by atoms with Crippen LogP contribution in [-0.2, 0) is 21.4 Å². The molecule has 8 heteroatoms. The van der Waals surface area contributed by atoms with Crippen molar-refractivity contribution in [2.45, 2.75) is 52.0 Å². The monoisotopic (exact) mass is 463 g/mol. The van der Waals surface area contributed by atoms with Gasteiger partial charge >= 0.3 is 0 Å². The maximum Gasteiger partial charge on any atom is 0.243 e. The lowest BCUT2D eigenvalue weighted by atomic mass is 9.92. The quantitative estimate of drug-likeness (QED) is 0.576. The van der Waals surface area contributed by atoms with E-state index in [0.29, 0.717) is 25.1 Å². The molecule has 1 amide bonds. The minimum absolute atomic E-state index is 0.0494. The first-order valence-corrected chi connectivity index (χ1v) is 12.1. The van der Waals surface area contributed by atoms with Gasteiger partial charge in [-0.1, -0.05) is 27.7 Å². The van der Waals surface area contributed by atoms with Crippen molar-refractivity contribution in [1.82, 2.24) is 4.31 Å². The molecule has 0 spiro atoms. The maximum atomic E-state index is 13.3. The van der Waals surface area contributed by atoms with Gasteiger partial charge in [-0.25, -0.2) is 12.8 Å². The van der Waals surface area contributed by atoms with Crippen molar-refractivity contribution in [1.29, 1.82) is 0 Å². The second-order valence-electron chi connectivity index (χ2n) is 9.32. The van der Waals surface area contributed by atoms with E-state index in [1.807, 2.05) is 64.9 Å². The van der Waals surface area contributed by atoms with Crippen molar-refractivity contribution in [3.63, 3.8) is 0 Å². The van der Waals surface area contributed by atoms with E-state index in [4.69, 9.17) is 0 Å². The van der Waals surface area contributed by atoms with Gasteiger partial charge in [0.05, 0.1) is 4.90 Å². The van der Waals surface area contributed by atoms with Crippen LogP contribution in [0.5, 0.6) is 0 Å². The normalized spacial score (nSPS) is 12.1. The molecule has 0 aliphatic rings. The van der Waals surface area contributed by atoms with Gasteiger partial charge in [-0.2, -0.15) is 4.31 Å². The summed E-state index contributed by atoms with van der Waals surface area (Å²) in [4.78, 5) is 14.4. The second-order valence-corrected chi connectivity index (χ2v) is 11.3. The summed E-state index contributed by atoms with van der Waals surface area (Å²) in [6, 6.07) is 10.4. The highest BCUT2D eigenvalue weighted by atomic mass is 32.2. The molecule has 0 heterocycles. The zero-order chi connectivity index (χ0) is 24.1. The van der Waals surface area contributed by atoms with Crippen LogP contribution in [0, 0.1) is 11.2 Å². The SMILES string of the molecule is CCCN(Cc1cc(NC(=O)CC(C)(C)C)ccc1N(C)C)S(=O)(=O)c1ccc(F)cc1. The number of hydrogen-bond acceptors (Lipinski definition) is 4. The third-order valence-electron chi connectivity index (χ3n) is 4.81. The number of amides is 1. The van der Waals surface area contributed by atoms with Crippen LogP contribution in [0.15, 0.2) is 47.4 Å². The predicted octanol–water partition coefficient (Wildman–Crippen LogP) is 4.87. The molecule has 2 aromatic rings. The molecule has 0 aromatic heterocycles. The summed E-state index contributed by atoms with van der Waals surface area (Å²) in [6.07, 6.45) is 0.998. The first kappa shape index (κ1) is 25.8. The van der Waals surface area contributed by atoms with E-state index >= 15 is 0 Å². The molecule has 0 saturated heterocycles. The molecule has 0 aliphatic carbocycles. The van der Waals surface area contributed by atoms with E-state index in [0.717, 1.165) is 23.4 Å². The second kappa shape index (κ2) is 10.4. The van der Waals surface area contributed by atoms with E-state index in [9.17, 15) is 17.6 Å². The summed E-state index contributed by atoms with van der Waals surface area (Å²) in [5.74, 6) is -0.579. The van der Waals surface area contributed by atoms with Crippen molar-refractivity contribution in [3.8, 4) is 0 Å². The number of nitrogens with zero attached hydrogens (tertiary/aromatic N) is 2. The zero-order valence-corrected chi connectivity index (χ0v) is 20.6. The van der Waals surface area contributed by atoms with E-state index in [2.05, 4.69) is 5.32 Å². The number of benzene rings is 2. The molecule has 0 radical (unpaired) electrons. The summed E-state index contributed by atoms with van der Waals surface area (Å²) in [5, 5.41) is 2.92. The summed E-state index contributed by atoms with van der Waals surface area (Å²) in [6.45, 7) is 8.34. The van der Waals surface area contributed by atoms with Crippen LogP contribution in [0.4, 0.5) is 15.8 Å². The van der Waals surface area contributed by atoms with E-state index < -0.39 is 15.8 Å². The summed E-state index contributed by atoms with van der Waals surface area (Å²) < 4.78 is 41.2. The smallest absolute Gasteiger partial charge is 0.243 e. The Morgan fingerprint density at radius 3 is 2.22 bits per heavy atom. The maximum absolute atomic E-state index is 13.3. The fraction of sp³-hybridized carbons (Fsp3) is 0.458. The first-order valence-electron chi connectivity index (χ1n) is 10.7. The molecule has 0 saturated carbocycles. The van der Waals surface area contributed by atoms with Crippen molar-refractivity contribution >= 4 is 27.3 Å². The van der Waals surface area contributed by atoms with E-state index in [-0.39, 0.29) is 22.8 Å². The standard InChI is InChI=1S/C24H34FN3O3S/c1-7-14-28(32(30,31)21-11-8-19(25)9-12-21)17-18-15-20(10-13-22(18)27(5)6)26-23(29)16-24(2,3)4/h8-13,15H,7,14,16-17H2,1-6H3,(H,26,29). The summed E-state index contributed by atoms with van der Waals surface area (Å²) in [5.41, 5.74) is 2.10. The number of nitrogens with one attached hydrogen (secondary N) is 1. The molecule has 0 fully saturated rings. The van der Waals surface area contributed by atoms with Crippen LogP contribution in [0.2, 0.25) is 0 Å². The van der Waals surface area contributed by atoms with E-state index in [1.54, 1.807) is 0 Å². The Morgan fingerprint density at radius 1 is 1.06 bits per heavy atom. The predicted molar refractivity (Wildman–Crippen MR) is 128 cm³/mol. The minimum Gasteiger partial charge on any atom is -0.377 e. The van der Waals surface area contributed by atoms with Crippen LogP contribution < -0.4 is 10.2 Å². The van der Waals surface area contributed by atoms with Gasteiger partial charge < -0.3 is 10.2 Å². The Balaban J connectivity index is 2.39. The summed E-state index contributed by atoms with van der Waals surface area (Å²) >= 11 is 0. The molecular weight excluding hydrogens is 429 g/mol. The van der Waals surface area contributed by atoms with E-state index in [1.165, 1.54) is 16.4 Å². The molecule has 0 bridgehead atoms. The van der Waals surface area contributed by atoms with Crippen LogP contribution in [-0.4, -0.2) is 39.3 Å². The van der Waals surface area contributed by atoms with Crippen LogP contribution in [0.3, 0.4) is 0 Å². The molecule has 32 heavy (non-hydrogen) atoms. The molecule has 6 nitrogen and oxygen atoms in total. The summed E-state index contributed by atoms with van der Waals surface area (Å²) in [7, 11) is -0.0513. The molecule has 2 rings (SSSR count). The van der Waals surface area contributed by atoms with Crippen molar-refractivity contribution in [2.24, 2.45) is 5.41 Å². The topological polar surface area (TPSA) is 69.7 Å². The lowest BCUT2D eigenvalue weighted by Crippen LogP contribution is -2.32. The Bertz CT molecular complexity index is 1030. The molecule has 0 unspecified atom stereocenters. The van der Waals surface area contributed by atoms with Crippen molar-refractivity contribution < 1.29 is 17.6 Å². The van der Waals surface area contributed by atoms with Crippen LogP contribution in [0.25, 0.3) is 0 Å². The molecular formula is C24H34FN3O3S. The van der Waals surface area contributed by atoms with Gasteiger partial charge in [0, 0.05) is 45.0 Å². The van der Waals surface area contributed by atoms with Gasteiger partial charge in [0.15, 0.2) is 0 Å². The Hall–Kier alpha value is -2.45. The molecule has 176 valence electrons. The molecule has 2 aromatic carbocycles. The van der Waals surface area contributed by atoms with Gasteiger partial charge in [-0.15, -0.1) is 0 Å². The number of anilines is 2. The number of rotatable bonds is 9. The van der Waals surface area contributed by atoms with Gasteiger partial charge in [0.2, 0.25) is 15.9 Å². The van der Waals surface area contributed by atoms with Crippen molar-refractivity contribution in [3.05, 3.63) is 53.8 Å². The van der Waals surface area contributed by atoms with Gasteiger partial charge in [0.1, 0.15) is 5.82 Å².